The lowest BCUT2D eigenvalue weighted by Gasteiger charge is -2.18. The fraction of sp³-hybridized carbons (Fsp3) is 0.667. The molecule has 2 atom stereocenters. The van der Waals surface area contributed by atoms with Gasteiger partial charge >= 0.3 is 0 Å². The van der Waals surface area contributed by atoms with Crippen LogP contribution in [-0.4, -0.2) is 13.2 Å². The second-order valence-corrected chi connectivity index (χ2v) is 12.7. The van der Waals surface area contributed by atoms with Gasteiger partial charge in [0.25, 0.3) is 0 Å². The molecule has 192 valence electrons. The van der Waals surface area contributed by atoms with Crippen molar-refractivity contribution in [1.29, 1.82) is 0 Å². The quantitative estimate of drug-likeness (QED) is 0.191. The lowest BCUT2D eigenvalue weighted by molar-refractivity contribution is 0.274. The molecule has 0 saturated heterocycles. The van der Waals surface area contributed by atoms with Crippen molar-refractivity contribution in [3.8, 4) is 11.5 Å². The molecule has 34 heavy (non-hydrogen) atoms. The SMILES string of the molecule is CC(C)CCCC(C)CCOc1c(Br)ccc2c(OCCC(C)CCCC(C)C)c(Br)ccc12. The summed E-state index contributed by atoms with van der Waals surface area (Å²) in [4.78, 5) is 0. The van der Waals surface area contributed by atoms with E-state index in [1.165, 1.54) is 38.5 Å². The monoisotopic (exact) mass is 596 g/mol. The van der Waals surface area contributed by atoms with Gasteiger partial charge in [0, 0.05) is 10.8 Å². The zero-order valence-corrected chi connectivity index (χ0v) is 25.4. The minimum Gasteiger partial charge on any atom is -0.492 e. The fourth-order valence-corrected chi connectivity index (χ4v) is 5.27. The first-order chi connectivity index (χ1) is 16.2. The first kappa shape index (κ1) is 29.5. The van der Waals surface area contributed by atoms with Crippen LogP contribution >= 0.6 is 31.9 Å². The predicted octanol–water partition coefficient (Wildman–Crippen LogP) is 10.8. The number of halogens is 2. The highest BCUT2D eigenvalue weighted by Gasteiger charge is 2.15. The van der Waals surface area contributed by atoms with Crippen LogP contribution < -0.4 is 9.47 Å². The topological polar surface area (TPSA) is 18.5 Å². The van der Waals surface area contributed by atoms with E-state index in [9.17, 15) is 0 Å². The largest absolute Gasteiger partial charge is 0.492 e. The van der Waals surface area contributed by atoms with Gasteiger partial charge in [-0.15, -0.1) is 0 Å². The molecule has 0 N–H and O–H groups in total. The van der Waals surface area contributed by atoms with Gasteiger partial charge in [-0.1, -0.05) is 80.1 Å². The molecule has 2 nitrogen and oxygen atoms in total. The van der Waals surface area contributed by atoms with E-state index in [1.807, 2.05) is 0 Å². The third-order valence-corrected chi connectivity index (χ3v) is 7.93. The highest BCUT2D eigenvalue weighted by molar-refractivity contribution is 9.11. The summed E-state index contributed by atoms with van der Waals surface area (Å²) in [6.45, 7) is 15.4. The van der Waals surface area contributed by atoms with Crippen LogP contribution in [-0.2, 0) is 0 Å². The zero-order valence-electron chi connectivity index (χ0n) is 22.3. The Morgan fingerprint density at radius 1 is 0.559 bits per heavy atom. The molecule has 2 unspecified atom stereocenters. The number of hydrogen-bond acceptors (Lipinski definition) is 2. The molecule has 2 aromatic rings. The lowest BCUT2D eigenvalue weighted by Crippen LogP contribution is -2.06. The molecule has 0 aliphatic heterocycles. The summed E-state index contributed by atoms with van der Waals surface area (Å²) in [6.07, 6.45) is 9.95. The smallest absolute Gasteiger partial charge is 0.141 e. The molecule has 0 aliphatic carbocycles. The standard InChI is InChI=1S/C30H46Br2O2/c1-21(2)9-7-11-23(5)17-19-33-29-25-13-16-28(32)30(26(25)14-15-27(29)31)34-20-18-24(6)12-8-10-22(3)4/h13-16,21-24H,7-12,17-20H2,1-6H3. The maximum absolute atomic E-state index is 6.33. The Balaban J connectivity index is 1.99. The average molecular weight is 599 g/mol. The van der Waals surface area contributed by atoms with Crippen LogP contribution in [0.1, 0.15) is 92.9 Å². The van der Waals surface area contributed by atoms with Gasteiger partial charge < -0.3 is 9.47 Å². The van der Waals surface area contributed by atoms with Crippen molar-refractivity contribution in [1.82, 2.24) is 0 Å². The van der Waals surface area contributed by atoms with Gasteiger partial charge in [0.2, 0.25) is 0 Å². The molecule has 0 fully saturated rings. The van der Waals surface area contributed by atoms with E-state index >= 15 is 0 Å². The number of ether oxygens (including phenoxy) is 2. The Hall–Kier alpha value is -0.740. The van der Waals surface area contributed by atoms with E-state index < -0.39 is 0 Å². The summed E-state index contributed by atoms with van der Waals surface area (Å²) in [7, 11) is 0. The van der Waals surface area contributed by atoms with E-state index in [-0.39, 0.29) is 0 Å². The molecular weight excluding hydrogens is 552 g/mol. The van der Waals surface area contributed by atoms with E-state index in [0.29, 0.717) is 11.8 Å². The molecule has 0 bridgehead atoms. The van der Waals surface area contributed by atoms with E-state index in [2.05, 4.69) is 97.7 Å². The van der Waals surface area contributed by atoms with Crippen LogP contribution in [0.5, 0.6) is 11.5 Å². The van der Waals surface area contributed by atoms with Crippen molar-refractivity contribution in [3.05, 3.63) is 33.2 Å². The highest BCUT2D eigenvalue weighted by Crippen LogP contribution is 2.41. The van der Waals surface area contributed by atoms with Crippen LogP contribution in [0.4, 0.5) is 0 Å². The molecule has 0 radical (unpaired) electrons. The second kappa shape index (κ2) is 15.4. The van der Waals surface area contributed by atoms with Crippen LogP contribution in [0.2, 0.25) is 0 Å². The Bertz CT molecular complexity index is 791. The molecule has 0 spiro atoms. The van der Waals surface area contributed by atoms with Gasteiger partial charge in [0.15, 0.2) is 0 Å². The molecule has 0 heterocycles. The molecule has 2 aromatic carbocycles. The van der Waals surface area contributed by atoms with Crippen LogP contribution in [0.25, 0.3) is 10.8 Å². The molecule has 4 heteroatoms. The summed E-state index contributed by atoms with van der Waals surface area (Å²) >= 11 is 7.43. The number of rotatable bonds is 16. The third kappa shape index (κ3) is 10.1. The second-order valence-electron chi connectivity index (χ2n) is 11.0. The summed E-state index contributed by atoms with van der Waals surface area (Å²) in [5, 5.41) is 2.20. The number of fused-ring (bicyclic) bond motifs is 1. The lowest BCUT2D eigenvalue weighted by atomic mass is 9.97. The average Bonchev–Trinajstić information content (AvgIpc) is 2.76. The molecule has 0 aliphatic rings. The van der Waals surface area contributed by atoms with Crippen LogP contribution in [0.15, 0.2) is 33.2 Å². The normalized spacial score (nSPS) is 13.6. The fourth-order valence-electron chi connectivity index (χ4n) is 4.35. The Labute approximate surface area is 225 Å². The van der Waals surface area contributed by atoms with E-state index in [4.69, 9.17) is 9.47 Å². The molecular formula is C30H46Br2O2. The molecule has 2 rings (SSSR count). The third-order valence-electron chi connectivity index (χ3n) is 6.68. The van der Waals surface area contributed by atoms with Crippen LogP contribution in [0, 0.1) is 23.7 Å². The first-order valence-corrected chi connectivity index (χ1v) is 14.9. The summed E-state index contributed by atoms with van der Waals surface area (Å²) in [5.74, 6) is 4.79. The van der Waals surface area contributed by atoms with Crippen molar-refractivity contribution in [2.75, 3.05) is 13.2 Å². The Morgan fingerprint density at radius 2 is 0.941 bits per heavy atom. The minimum absolute atomic E-state index is 0.683. The van der Waals surface area contributed by atoms with Crippen LogP contribution in [0.3, 0.4) is 0 Å². The van der Waals surface area contributed by atoms with Crippen molar-refractivity contribution in [2.24, 2.45) is 23.7 Å². The summed E-state index contributed by atoms with van der Waals surface area (Å²) < 4.78 is 14.7. The van der Waals surface area contributed by atoms with E-state index in [1.54, 1.807) is 0 Å². The molecule has 0 aromatic heterocycles. The number of benzene rings is 2. The highest BCUT2D eigenvalue weighted by atomic mass is 79.9. The van der Waals surface area contributed by atoms with Gasteiger partial charge in [-0.05, 0) is 92.6 Å². The van der Waals surface area contributed by atoms with Crippen molar-refractivity contribution < 1.29 is 9.47 Å². The van der Waals surface area contributed by atoms with Crippen molar-refractivity contribution >= 4 is 42.6 Å². The van der Waals surface area contributed by atoms with Gasteiger partial charge in [-0.3, -0.25) is 0 Å². The van der Waals surface area contributed by atoms with Gasteiger partial charge in [-0.2, -0.15) is 0 Å². The molecule has 0 amide bonds. The zero-order chi connectivity index (χ0) is 25.1. The number of hydrogen-bond donors (Lipinski definition) is 0. The first-order valence-electron chi connectivity index (χ1n) is 13.3. The summed E-state index contributed by atoms with van der Waals surface area (Å²) in [6, 6.07) is 8.43. The van der Waals surface area contributed by atoms with E-state index in [0.717, 1.165) is 69.1 Å². The predicted molar refractivity (Wildman–Crippen MR) is 155 cm³/mol. The van der Waals surface area contributed by atoms with Gasteiger partial charge in [0.1, 0.15) is 11.5 Å². The van der Waals surface area contributed by atoms with Crippen molar-refractivity contribution in [3.63, 3.8) is 0 Å². The van der Waals surface area contributed by atoms with Gasteiger partial charge in [-0.25, -0.2) is 0 Å². The van der Waals surface area contributed by atoms with Gasteiger partial charge in [0.05, 0.1) is 22.2 Å². The Kier molecular flexibility index (Phi) is 13.3. The Morgan fingerprint density at radius 3 is 1.29 bits per heavy atom. The van der Waals surface area contributed by atoms with Crippen molar-refractivity contribution in [2.45, 2.75) is 92.9 Å². The maximum atomic E-state index is 6.33. The molecule has 0 saturated carbocycles. The maximum Gasteiger partial charge on any atom is 0.141 e. The minimum atomic E-state index is 0.683. The summed E-state index contributed by atoms with van der Waals surface area (Å²) in [5.41, 5.74) is 0.